The fraction of sp³-hybridized carbons (Fsp3) is 0.286. The molecule has 1 aromatic heterocycles. The van der Waals surface area contributed by atoms with Gasteiger partial charge in [-0.2, -0.15) is 0 Å². The van der Waals surface area contributed by atoms with Crippen molar-refractivity contribution in [2.45, 2.75) is 19.9 Å². The minimum Gasteiger partial charge on any atom is -0.308 e. The molecule has 1 N–H and O–H groups in total. The Balaban J connectivity index is 2.42. The van der Waals surface area contributed by atoms with E-state index in [0.717, 1.165) is 5.69 Å². The normalized spacial score (nSPS) is 12.4. The van der Waals surface area contributed by atoms with Crippen molar-refractivity contribution in [2.75, 3.05) is 7.05 Å². The molecule has 0 radical (unpaired) electrons. The lowest BCUT2D eigenvalue weighted by Crippen LogP contribution is -2.19. The van der Waals surface area contributed by atoms with Gasteiger partial charge in [-0.05, 0) is 32.5 Å². The molecule has 0 amide bonds. The molecule has 1 unspecified atom stereocenters. The van der Waals surface area contributed by atoms with Gasteiger partial charge >= 0.3 is 0 Å². The first-order valence-corrected chi connectivity index (χ1v) is 5.72. The van der Waals surface area contributed by atoms with E-state index >= 15 is 0 Å². The molecule has 88 valence electrons. The van der Waals surface area contributed by atoms with Gasteiger partial charge in [-0.1, -0.05) is 29.3 Å². The van der Waals surface area contributed by atoms with Gasteiger partial charge in [-0.15, -0.1) is 0 Å². The SMILES string of the molecule is CNC(c1cc(C)cc(C)c1)c1ccncn1. The van der Waals surface area contributed by atoms with Gasteiger partial charge < -0.3 is 5.32 Å². The highest BCUT2D eigenvalue weighted by molar-refractivity contribution is 5.34. The van der Waals surface area contributed by atoms with Crippen LogP contribution in [0.5, 0.6) is 0 Å². The predicted molar refractivity (Wildman–Crippen MR) is 68.9 cm³/mol. The van der Waals surface area contributed by atoms with Crippen molar-refractivity contribution in [2.24, 2.45) is 0 Å². The topological polar surface area (TPSA) is 37.8 Å². The first-order valence-electron chi connectivity index (χ1n) is 5.72. The Morgan fingerprint density at radius 2 is 1.82 bits per heavy atom. The summed E-state index contributed by atoms with van der Waals surface area (Å²) in [6.07, 6.45) is 3.36. The van der Waals surface area contributed by atoms with E-state index in [0.29, 0.717) is 0 Å². The van der Waals surface area contributed by atoms with Crippen LogP contribution in [-0.4, -0.2) is 17.0 Å². The number of hydrogen-bond donors (Lipinski definition) is 1. The van der Waals surface area contributed by atoms with Crippen LogP contribution in [0.25, 0.3) is 0 Å². The third-order valence-corrected chi connectivity index (χ3v) is 2.77. The number of rotatable bonds is 3. The van der Waals surface area contributed by atoms with Crippen LogP contribution in [-0.2, 0) is 0 Å². The number of aromatic nitrogens is 2. The summed E-state index contributed by atoms with van der Waals surface area (Å²) in [6, 6.07) is 8.62. The van der Waals surface area contributed by atoms with Crippen LogP contribution in [0.3, 0.4) is 0 Å². The van der Waals surface area contributed by atoms with E-state index in [4.69, 9.17) is 0 Å². The second-order valence-corrected chi connectivity index (χ2v) is 4.28. The van der Waals surface area contributed by atoms with E-state index in [9.17, 15) is 0 Å². The number of nitrogens with zero attached hydrogens (tertiary/aromatic N) is 2. The van der Waals surface area contributed by atoms with Gasteiger partial charge in [0.25, 0.3) is 0 Å². The van der Waals surface area contributed by atoms with Crippen LogP contribution < -0.4 is 5.32 Å². The van der Waals surface area contributed by atoms with Gasteiger partial charge in [0.15, 0.2) is 0 Å². The van der Waals surface area contributed by atoms with Crippen molar-refractivity contribution >= 4 is 0 Å². The van der Waals surface area contributed by atoms with Crippen LogP contribution in [0.4, 0.5) is 0 Å². The third kappa shape index (κ3) is 2.68. The zero-order valence-electron chi connectivity index (χ0n) is 10.4. The first-order chi connectivity index (χ1) is 8.20. The molecule has 3 heteroatoms. The van der Waals surface area contributed by atoms with Crippen LogP contribution in [0.2, 0.25) is 0 Å². The molecule has 0 aliphatic carbocycles. The Kier molecular flexibility index (Phi) is 3.49. The lowest BCUT2D eigenvalue weighted by atomic mass is 9.99. The zero-order chi connectivity index (χ0) is 12.3. The summed E-state index contributed by atoms with van der Waals surface area (Å²) >= 11 is 0. The fourth-order valence-corrected chi connectivity index (χ4v) is 2.13. The number of nitrogens with one attached hydrogen (secondary N) is 1. The molecule has 0 saturated carbocycles. The highest BCUT2D eigenvalue weighted by Gasteiger charge is 2.13. The Bertz CT molecular complexity index is 474. The molecular formula is C14H17N3. The van der Waals surface area contributed by atoms with Gasteiger partial charge in [0, 0.05) is 6.20 Å². The molecule has 17 heavy (non-hydrogen) atoms. The number of hydrogen-bond acceptors (Lipinski definition) is 3. The molecule has 0 aliphatic heterocycles. The molecule has 1 atom stereocenters. The smallest absolute Gasteiger partial charge is 0.115 e. The van der Waals surface area contributed by atoms with E-state index in [1.54, 1.807) is 12.5 Å². The lowest BCUT2D eigenvalue weighted by molar-refractivity contribution is 0.667. The molecule has 1 aromatic carbocycles. The van der Waals surface area contributed by atoms with Crippen LogP contribution in [0, 0.1) is 13.8 Å². The molecule has 0 bridgehead atoms. The van der Waals surface area contributed by atoms with E-state index in [1.807, 2.05) is 13.1 Å². The number of benzene rings is 1. The standard InChI is InChI=1S/C14H17N3/c1-10-6-11(2)8-12(7-10)14(15-3)13-4-5-16-9-17-13/h4-9,14-15H,1-3H3. The van der Waals surface area contributed by atoms with Crippen molar-refractivity contribution in [3.05, 3.63) is 59.2 Å². The van der Waals surface area contributed by atoms with Crippen molar-refractivity contribution < 1.29 is 0 Å². The van der Waals surface area contributed by atoms with E-state index in [-0.39, 0.29) is 6.04 Å². The monoisotopic (exact) mass is 227 g/mol. The quantitative estimate of drug-likeness (QED) is 0.875. The van der Waals surface area contributed by atoms with Gasteiger partial charge in [0.1, 0.15) is 6.33 Å². The van der Waals surface area contributed by atoms with Crippen LogP contribution in [0.1, 0.15) is 28.4 Å². The highest BCUT2D eigenvalue weighted by atomic mass is 14.9. The van der Waals surface area contributed by atoms with Crippen molar-refractivity contribution in [3.8, 4) is 0 Å². The highest BCUT2D eigenvalue weighted by Crippen LogP contribution is 2.21. The maximum atomic E-state index is 4.31. The summed E-state index contributed by atoms with van der Waals surface area (Å²) in [4.78, 5) is 8.26. The summed E-state index contributed by atoms with van der Waals surface area (Å²) < 4.78 is 0. The molecule has 2 rings (SSSR count). The minimum atomic E-state index is 0.122. The summed E-state index contributed by atoms with van der Waals surface area (Å²) in [7, 11) is 1.95. The third-order valence-electron chi connectivity index (χ3n) is 2.77. The molecule has 0 fully saturated rings. The molecule has 0 aliphatic rings. The second kappa shape index (κ2) is 5.06. The Hall–Kier alpha value is -1.74. The predicted octanol–water partition coefficient (Wildman–Crippen LogP) is 2.40. The summed E-state index contributed by atoms with van der Waals surface area (Å²) in [5.74, 6) is 0. The fourth-order valence-electron chi connectivity index (χ4n) is 2.13. The van der Waals surface area contributed by atoms with Crippen molar-refractivity contribution in [1.29, 1.82) is 0 Å². The largest absolute Gasteiger partial charge is 0.308 e. The van der Waals surface area contributed by atoms with Gasteiger partial charge in [-0.25, -0.2) is 9.97 Å². The molecule has 3 nitrogen and oxygen atoms in total. The number of aryl methyl sites for hydroxylation is 2. The summed E-state index contributed by atoms with van der Waals surface area (Å²) in [5, 5.41) is 3.30. The van der Waals surface area contributed by atoms with Crippen LogP contribution in [0.15, 0.2) is 36.8 Å². The Labute approximate surface area is 102 Å². The van der Waals surface area contributed by atoms with Crippen molar-refractivity contribution in [1.82, 2.24) is 15.3 Å². The van der Waals surface area contributed by atoms with Gasteiger partial charge in [-0.3, -0.25) is 0 Å². The lowest BCUT2D eigenvalue weighted by Gasteiger charge is -2.17. The summed E-state index contributed by atoms with van der Waals surface area (Å²) in [5.41, 5.74) is 4.78. The van der Waals surface area contributed by atoms with Crippen LogP contribution >= 0.6 is 0 Å². The van der Waals surface area contributed by atoms with Gasteiger partial charge in [0.2, 0.25) is 0 Å². The first kappa shape index (κ1) is 11.7. The molecule has 0 spiro atoms. The second-order valence-electron chi connectivity index (χ2n) is 4.28. The maximum absolute atomic E-state index is 4.31. The average Bonchev–Trinajstić information content (AvgIpc) is 2.30. The Morgan fingerprint density at radius 1 is 1.12 bits per heavy atom. The van der Waals surface area contributed by atoms with E-state index < -0.39 is 0 Å². The minimum absolute atomic E-state index is 0.122. The molecule has 0 saturated heterocycles. The van der Waals surface area contributed by atoms with Gasteiger partial charge in [0.05, 0.1) is 11.7 Å². The average molecular weight is 227 g/mol. The van der Waals surface area contributed by atoms with E-state index in [1.165, 1.54) is 16.7 Å². The van der Waals surface area contributed by atoms with E-state index in [2.05, 4.69) is 47.3 Å². The van der Waals surface area contributed by atoms with Crippen molar-refractivity contribution in [3.63, 3.8) is 0 Å². The summed E-state index contributed by atoms with van der Waals surface area (Å²) in [6.45, 7) is 4.23. The molecular weight excluding hydrogens is 210 g/mol. The molecule has 2 aromatic rings. The zero-order valence-corrected chi connectivity index (χ0v) is 10.4. The molecule has 1 heterocycles. The maximum Gasteiger partial charge on any atom is 0.115 e. The Morgan fingerprint density at radius 3 is 2.35 bits per heavy atom.